The van der Waals surface area contributed by atoms with E-state index in [4.69, 9.17) is 18.9 Å². The zero-order valence-corrected chi connectivity index (χ0v) is 14.4. The summed E-state index contributed by atoms with van der Waals surface area (Å²) < 4.78 is 24.6. The monoisotopic (exact) mass is 384 g/mol. The molecule has 5 aliphatic rings. The number of phenols is 1. The van der Waals surface area contributed by atoms with Gasteiger partial charge in [-0.05, 0) is 23.8 Å². The molecule has 2 aromatic rings. The Labute approximate surface area is 158 Å². The van der Waals surface area contributed by atoms with Crippen LogP contribution in [-0.2, 0) is 21.0 Å². The highest BCUT2D eigenvalue weighted by molar-refractivity contribution is 5.60. The van der Waals surface area contributed by atoms with Crippen LogP contribution < -0.4 is 9.47 Å². The van der Waals surface area contributed by atoms with Crippen LogP contribution in [0.25, 0.3) is 0 Å². The lowest BCUT2D eigenvalue weighted by Gasteiger charge is -2.56. The maximum absolute atomic E-state index is 11.0. The zero-order chi connectivity index (χ0) is 19.0. The highest BCUT2D eigenvalue weighted by atomic mass is 16.8. The van der Waals surface area contributed by atoms with Gasteiger partial charge in [0.25, 0.3) is 11.6 Å². The van der Waals surface area contributed by atoms with Crippen LogP contribution in [0, 0.1) is 0 Å². The summed E-state index contributed by atoms with van der Waals surface area (Å²) >= 11 is 0. The fourth-order valence-electron chi connectivity index (χ4n) is 5.30. The first-order valence-electron chi connectivity index (χ1n) is 9.24. The second kappa shape index (κ2) is 4.45. The Balaban J connectivity index is 1.59. The van der Waals surface area contributed by atoms with E-state index in [0.717, 1.165) is 0 Å². The fourth-order valence-corrected chi connectivity index (χ4v) is 5.30. The SMILES string of the molecule is Oc1ccc2c3c1[C@@H](O)[C@H]1O[C@H]1[C@@]31Oc3cccc4c3[C@](O2)(O1)[C@H](O)C[C@@H]4O. The van der Waals surface area contributed by atoms with E-state index >= 15 is 0 Å². The standard InChI is InChI=1S/C20H16O8/c21-8-4-5-11-15-13(8)16(24)17-18(25-17)20(15)27-10-3-1-2-7-9(22)6-12(23)19(26-11,28-20)14(7)10/h1-5,9,12,16-18,21-24H,6H2/t9-,12+,16+,17+,18+,19+,20+/m0/s1. The van der Waals surface area contributed by atoms with Gasteiger partial charge in [0.15, 0.2) is 6.10 Å². The van der Waals surface area contributed by atoms with E-state index < -0.39 is 42.1 Å². The molecule has 2 bridgehead atoms. The van der Waals surface area contributed by atoms with Crippen LogP contribution in [0.5, 0.6) is 17.2 Å². The van der Waals surface area contributed by atoms with E-state index in [2.05, 4.69) is 0 Å². The topological polar surface area (TPSA) is 121 Å². The van der Waals surface area contributed by atoms with Crippen LogP contribution in [0.4, 0.5) is 0 Å². The molecule has 1 fully saturated rings. The van der Waals surface area contributed by atoms with E-state index in [1.807, 2.05) is 0 Å². The fraction of sp³-hybridized carbons (Fsp3) is 0.400. The molecule has 3 aliphatic heterocycles. The van der Waals surface area contributed by atoms with Crippen molar-refractivity contribution in [1.29, 1.82) is 0 Å². The number of ether oxygens (including phenoxy) is 4. The number of rotatable bonds is 0. The minimum atomic E-state index is -1.58. The van der Waals surface area contributed by atoms with Crippen molar-refractivity contribution >= 4 is 0 Å². The van der Waals surface area contributed by atoms with Gasteiger partial charge in [-0.15, -0.1) is 0 Å². The van der Waals surface area contributed by atoms with Gasteiger partial charge in [0.2, 0.25) is 0 Å². The average molecular weight is 384 g/mol. The molecule has 8 nitrogen and oxygen atoms in total. The van der Waals surface area contributed by atoms with Gasteiger partial charge >= 0.3 is 0 Å². The first kappa shape index (κ1) is 15.5. The Morgan fingerprint density at radius 3 is 2.57 bits per heavy atom. The second-order valence-electron chi connectivity index (χ2n) is 7.97. The third kappa shape index (κ3) is 1.47. The average Bonchev–Trinajstić information content (AvgIpc) is 3.48. The molecule has 144 valence electrons. The van der Waals surface area contributed by atoms with Crippen molar-refractivity contribution in [2.75, 3.05) is 0 Å². The van der Waals surface area contributed by atoms with Crippen LogP contribution in [0.2, 0.25) is 0 Å². The highest BCUT2D eigenvalue weighted by Gasteiger charge is 2.75. The van der Waals surface area contributed by atoms with E-state index in [1.165, 1.54) is 6.07 Å². The zero-order valence-electron chi connectivity index (χ0n) is 14.4. The molecular weight excluding hydrogens is 368 g/mol. The first-order valence-corrected chi connectivity index (χ1v) is 9.24. The molecule has 2 spiro atoms. The molecule has 0 amide bonds. The third-order valence-corrected chi connectivity index (χ3v) is 6.52. The molecule has 0 unspecified atom stereocenters. The molecule has 2 aromatic carbocycles. The smallest absolute Gasteiger partial charge is 0.274 e. The predicted octanol–water partition coefficient (Wildman–Crippen LogP) is 0.812. The minimum absolute atomic E-state index is 0.0321. The summed E-state index contributed by atoms with van der Waals surface area (Å²) in [7, 11) is 0. The first-order chi connectivity index (χ1) is 13.5. The molecule has 7 rings (SSSR count). The summed E-state index contributed by atoms with van der Waals surface area (Å²) in [6.45, 7) is 0. The largest absolute Gasteiger partial charge is 0.508 e. The molecule has 3 heterocycles. The second-order valence-corrected chi connectivity index (χ2v) is 7.97. The number of hydrogen-bond acceptors (Lipinski definition) is 8. The van der Waals surface area contributed by atoms with Crippen molar-refractivity contribution in [2.24, 2.45) is 0 Å². The van der Waals surface area contributed by atoms with E-state index in [9.17, 15) is 20.4 Å². The number of aromatic hydroxyl groups is 1. The summed E-state index contributed by atoms with van der Waals surface area (Å²) in [6.07, 6.45) is -4.26. The van der Waals surface area contributed by atoms with Gasteiger partial charge in [0.05, 0.1) is 17.2 Å². The number of aliphatic hydroxyl groups excluding tert-OH is 3. The number of epoxide rings is 1. The summed E-state index contributed by atoms with van der Waals surface area (Å²) in [5.41, 5.74) is 1.65. The lowest BCUT2D eigenvalue weighted by atomic mass is 9.76. The molecule has 2 aliphatic carbocycles. The lowest BCUT2D eigenvalue weighted by molar-refractivity contribution is -0.393. The van der Waals surface area contributed by atoms with Crippen LogP contribution in [0.1, 0.15) is 40.9 Å². The van der Waals surface area contributed by atoms with Crippen molar-refractivity contribution in [3.05, 3.63) is 52.6 Å². The number of hydrogen-bond donors (Lipinski definition) is 4. The minimum Gasteiger partial charge on any atom is -0.508 e. The van der Waals surface area contributed by atoms with Gasteiger partial charge < -0.3 is 34.6 Å². The summed E-state index contributed by atoms with van der Waals surface area (Å²) in [6, 6.07) is 8.24. The quantitative estimate of drug-likeness (QED) is 0.493. The Kier molecular flexibility index (Phi) is 2.47. The Bertz CT molecular complexity index is 1070. The number of benzene rings is 2. The number of fused-ring (bicyclic) bond motifs is 1. The molecule has 0 radical (unpaired) electrons. The molecule has 4 N–H and O–H groups in total. The maximum Gasteiger partial charge on any atom is 0.274 e. The van der Waals surface area contributed by atoms with Crippen LogP contribution >= 0.6 is 0 Å². The van der Waals surface area contributed by atoms with Gasteiger partial charge in [-0.2, -0.15) is 0 Å². The van der Waals surface area contributed by atoms with Gasteiger partial charge in [0, 0.05) is 12.0 Å². The number of aliphatic hydroxyl groups is 3. The van der Waals surface area contributed by atoms with Gasteiger partial charge in [0.1, 0.15) is 35.6 Å². The summed E-state index contributed by atoms with van der Waals surface area (Å²) in [5, 5.41) is 42.5. The predicted molar refractivity (Wildman–Crippen MR) is 89.5 cm³/mol. The van der Waals surface area contributed by atoms with Crippen molar-refractivity contribution in [1.82, 2.24) is 0 Å². The Morgan fingerprint density at radius 2 is 1.71 bits per heavy atom. The van der Waals surface area contributed by atoms with Crippen LogP contribution in [-0.4, -0.2) is 38.7 Å². The molecule has 0 aromatic heterocycles. The van der Waals surface area contributed by atoms with Gasteiger partial charge in [-0.3, -0.25) is 4.74 Å². The lowest BCUT2D eigenvalue weighted by Crippen LogP contribution is -2.65. The molecular formula is C20H16O8. The summed E-state index contributed by atoms with van der Waals surface area (Å²) in [5.74, 6) is -2.41. The third-order valence-electron chi connectivity index (χ3n) is 6.52. The van der Waals surface area contributed by atoms with E-state index in [-0.39, 0.29) is 17.7 Å². The van der Waals surface area contributed by atoms with Crippen molar-refractivity contribution in [2.45, 2.75) is 48.5 Å². The normalized spacial score (nSPS) is 43.0. The molecule has 7 atom stereocenters. The van der Waals surface area contributed by atoms with Crippen LogP contribution in [0.3, 0.4) is 0 Å². The number of phenolic OH excluding ortho intramolecular Hbond substituents is 1. The van der Waals surface area contributed by atoms with Crippen molar-refractivity contribution in [3.63, 3.8) is 0 Å². The maximum atomic E-state index is 11.0. The molecule has 0 saturated carbocycles. The van der Waals surface area contributed by atoms with E-state index in [1.54, 1.807) is 24.3 Å². The summed E-state index contributed by atoms with van der Waals surface area (Å²) in [4.78, 5) is 0. The van der Waals surface area contributed by atoms with Crippen molar-refractivity contribution < 1.29 is 39.4 Å². The van der Waals surface area contributed by atoms with Crippen LogP contribution in [0.15, 0.2) is 30.3 Å². The molecule has 1 saturated heterocycles. The van der Waals surface area contributed by atoms with Gasteiger partial charge in [-0.25, -0.2) is 0 Å². The van der Waals surface area contributed by atoms with E-state index in [0.29, 0.717) is 28.2 Å². The Hall–Kier alpha value is -2.36. The molecule has 8 heteroatoms. The highest BCUT2D eigenvalue weighted by Crippen LogP contribution is 2.67. The van der Waals surface area contributed by atoms with Crippen molar-refractivity contribution in [3.8, 4) is 17.2 Å². The molecule has 28 heavy (non-hydrogen) atoms. The Morgan fingerprint density at radius 1 is 0.929 bits per heavy atom. The van der Waals surface area contributed by atoms with Gasteiger partial charge in [-0.1, -0.05) is 12.1 Å².